The summed E-state index contributed by atoms with van der Waals surface area (Å²) in [7, 11) is 0. The first-order chi connectivity index (χ1) is 12.5. The summed E-state index contributed by atoms with van der Waals surface area (Å²) >= 11 is 0. The maximum atomic E-state index is 13.0. The number of amides is 2. The van der Waals surface area contributed by atoms with Crippen LogP contribution in [0.25, 0.3) is 10.9 Å². The molecular weight excluding hydrogens is 346 g/mol. The monoisotopic (exact) mass is 373 g/mol. The highest BCUT2D eigenvalue weighted by atomic mass is 16.6. The summed E-state index contributed by atoms with van der Waals surface area (Å²) in [4.78, 5) is 41.0. The van der Waals surface area contributed by atoms with Crippen LogP contribution in [0.4, 0.5) is 4.79 Å². The molecule has 27 heavy (non-hydrogen) atoms. The van der Waals surface area contributed by atoms with E-state index < -0.39 is 29.2 Å². The van der Waals surface area contributed by atoms with Gasteiger partial charge in [-0.05, 0) is 52.7 Å². The predicted octanol–water partition coefficient (Wildman–Crippen LogP) is 2.78. The van der Waals surface area contributed by atoms with E-state index in [-0.39, 0.29) is 6.42 Å². The second-order valence-electron chi connectivity index (χ2n) is 8.10. The normalized spacial score (nSPS) is 13.3. The minimum Gasteiger partial charge on any atom is -0.443 e. The molecule has 0 aliphatic heterocycles. The van der Waals surface area contributed by atoms with Crippen molar-refractivity contribution < 1.29 is 19.1 Å². The summed E-state index contributed by atoms with van der Waals surface area (Å²) in [6, 6.07) is 6.66. The number of imide groups is 1. The van der Waals surface area contributed by atoms with Crippen LogP contribution in [0.1, 0.15) is 40.2 Å². The van der Waals surface area contributed by atoms with Crippen LogP contribution in [-0.2, 0) is 20.7 Å². The van der Waals surface area contributed by atoms with Crippen molar-refractivity contribution in [3.63, 3.8) is 0 Å². The smallest absolute Gasteiger partial charge is 0.417 e. The zero-order valence-electron chi connectivity index (χ0n) is 16.4. The van der Waals surface area contributed by atoms with Crippen molar-refractivity contribution in [3.05, 3.63) is 36.0 Å². The number of carbonyl (C=O) groups excluding carboxylic acids is 3. The molecule has 0 saturated carbocycles. The maximum Gasteiger partial charge on any atom is 0.417 e. The highest BCUT2D eigenvalue weighted by Gasteiger charge is 2.41. The molecule has 0 spiro atoms. The zero-order chi connectivity index (χ0) is 20.4. The van der Waals surface area contributed by atoms with Crippen LogP contribution >= 0.6 is 0 Å². The van der Waals surface area contributed by atoms with Gasteiger partial charge in [0, 0.05) is 17.1 Å². The van der Waals surface area contributed by atoms with Gasteiger partial charge in [-0.25, -0.2) is 9.69 Å². The Morgan fingerprint density at radius 2 is 1.85 bits per heavy atom. The molecule has 146 valence electrons. The molecule has 0 bridgehead atoms. The standard InChI is InChI=1S/C20H27N3O4/c1-19(2,3)27-18(26)23(20(4,5)12-24)17(25)15(21)10-13-11-22-16-9-7-6-8-14(13)16/h6-9,11-12,15,22H,10,21H2,1-5H3/t15-/m0/s1. The topological polar surface area (TPSA) is 105 Å². The lowest BCUT2D eigenvalue weighted by molar-refractivity contribution is -0.140. The number of carbonyl (C=O) groups is 3. The summed E-state index contributed by atoms with van der Waals surface area (Å²) in [5, 5.41) is 0.958. The Kier molecular flexibility index (Phi) is 5.75. The summed E-state index contributed by atoms with van der Waals surface area (Å²) in [5.74, 6) is -0.661. The lowest BCUT2D eigenvalue weighted by Crippen LogP contribution is -2.58. The zero-order valence-corrected chi connectivity index (χ0v) is 16.4. The minimum absolute atomic E-state index is 0.219. The molecule has 7 nitrogen and oxygen atoms in total. The van der Waals surface area contributed by atoms with E-state index in [4.69, 9.17) is 10.5 Å². The molecule has 0 fully saturated rings. The van der Waals surface area contributed by atoms with Gasteiger partial charge >= 0.3 is 6.09 Å². The number of benzene rings is 1. The number of nitrogens with zero attached hydrogens (tertiary/aromatic N) is 1. The van der Waals surface area contributed by atoms with Crippen LogP contribution < -0.4 is 5.73 Å². The Balaban J connectivity index is 2.28. The molecule has 7 heteroatoms. The molecule has 0 radical (unpaired) electrons. The SMILES string of the molecule is CC(C)(C)OC(=O)N(C(=O)[C@@H](N)Cc1c[nH]c2ccccc12)C(C)(C)C=O. The Labute approximate surface area is 158 Å². The summed E-state index contributed by atoms with van der Waals surface area (Å²) in [6.45, 7) is 8.01. The molecular formula is C20H27N3O4. The number of hydrogen-bond donors (Lipinski definition) is 2. The second-order valence-corrected chi connectivity index (χ2v) is 8.10. The van der Waals surface area contributed by atoms with E-state index in [0.717, 1.165) is 21.4 Å². The average Bonchev–Trinajstić information content (AvgIpc) is 2.96. The van der Waals surface area contributed by atoms with Gasteiger partial charge in [-0.15, -0.1) is 0 Å². The lowest BCUT2D eigenvalue weighted by atomic mass is 10.0. The van der Waals surface area contributed by atoms with Crippen molar-refractivity contribution in [2.75, 3.05) is 0 Å². The van der Waals surface area contributed by atoms with Crippen LogP contribution in [-0.4, -0.2) is 45.4 Å². The molecule has 1 atom stereocenters. The highest BCUT2D eigenvalue weighted by Crippen LogP contribution is 2.22. The molecule has 0 aliphatic carbocycles. The van der Waals surface area contributed by atoms with Crippen molar-refractivity contribution in [1.29, 1.82) is 0 Å². The fraction of sp³-hybridized carbons (Fsp3) is 0.450. The van der Waals surface area contributed by atoms with E-state index in [1.165, 1.54) is 13.8 Å². The van der Waals surface area contributed by atoms with Gasteiger partial charge in [0.05, 0.1) is 6.04 Å². The molecule has 2 aromatic rings. The number of hydrogen-bond acceptors (Lipinski definition) is 5. The van der Waals surface area contributed by atoms with Gasteiger partial charge in [-0.1, -0.05) is 18.2 Å². The van der Waals surface area contributed by atoms with Gasteiger partial charge in [0.1, 0.15) is 17.4 Å². The second kappa shape index (κ2) is 7.52. The summed E-state index contributed by atoms with van der Waals surface area (Å²) in [5.41, 5.74) is 5.73. The van der Waals surface area contributed by atoms with E-state index in [2.05, 4.69) is 4.98 Å². The van der Waals surface area contributed by atoms with Crippen molar-refractivity contribution in [3.8, 4) is 0 Å². The molecule has 1 aromatic heterocycles. The fourth-order valence-corrected chi connectivity index (χ4v) is 2.76. The molecule has 3 N–H and O–H groups in total. The van der Waals surface area contributed by atoms with Gasteiger partial charge < -0.3 is 20.2 Å². The number of aromatic amines is 1. The number of fused-ring (bicyclic) bond motifs is 1. The number of nitrogens with one attached hydrogen (secondary N) is 1. The molecule has 0 saturated heterocycles. The third kappa shape index (κ3) is 4.74. The van der Waals surface area contributed by atoms with Crippen LogP contribution in [0.15, 0.2) is 30.5 Å². The first-order valence-corrected chi connectivity index (χ1v) is 8.80. The van der Waals surface area contributed by atoms with Gasteiger partial charge in [-0.2, -0.15) is 0 Å². The average molecular weight is 373 g/mol. The first-order valence-electron chi connectivity index (χ1n) is 8.80. The third-order valence-electron chi connectivity index (χ3n) is 4.09. The molecule has 2 rings (SSSR count). The molecule has 0 unspecified atom stereocenters. The number of nitrogens with two attached hydrogens (primary N) is 1. The predicted molar refractivity (Wildman–Crippen MR) is 103 cm³/mol. The number of ether oxygens (including phenoxy) is 1. The van der Waals surface area contributed by atoms with Crippen molar-refractivity contribution in [2.24, 2.45) is 5.73 Å². The fourth-order valence-electron chi connectivity index (χ4n) is 2.76. The molecule has 1 heterocycles. The number of rotatable bonds is 5. The number of aromatic nitrogens is 1. The quantitative estimate of drug-likeness (QED) is 0.784. The van der Waals surface area contributed by atoms with Crippen LogP contribution in [0.3, 0.4) is 0 Å². The molecule has 0 aliphatic rings. The van der Waals surface area contributed by atoms with Gasteiger partial charge in [-0.3, -0.25) is 4.79 Å². The van der Waals surface area contributed by atoms with E-state index in [0.29, 0.717) is 6.29 Å². The van der Waals surface area contributed by atoms with Crippen molar-refractivity contribution in [1.82, 2.24) is 9.88 Å². The molecule has 1 aromatic carbocycles. The van der Waals surface area contributed by atoms with Gasteiger partial charge in [0.2, 0.25) is 5.91 Å². The Hall–Kier alpha value is -2.67. The Morgan fingerprint density at radius 3 is 2.44 bits per heavy atom. The van der Waals surface area contributed by atoms with E-state index >= 15 is 0 Å². The first kappa shape index (κ1) is 20.6. The summed E-state index contributed by atoms with van der Waals surface area (Å²) < 4.78 is 5.31. The minimum atomic E-state index is -1.38. The van der Waals surface area contributed by atoms with Gasteiger partial charge in [0.25, 0.3) is 0 Å². The third-order valence-corrected chi connectivity index (χ3v) is 4.09. The molecule has 2 amide bonds. The van der Waals surface area contributed by atoms with Gasteiger partial charge in [0.15, 0.2) is 0 Å². The number of aldehydes is 1. The summed E-state index contributed by atoms with van der Waals surface area (Å²) in [6.07, 6.45) is 1.66. The van der Waals surface area contributed by atoms with E-state index in [9.17, 15) is 14.4 Å². The van der Waals surface area contributed by atoms with Crippen molar-refractivity contribution >= 4 is 29.2 Å². The highest BCUT2D eigenvalue weighted by molar-refractivity contribution is 5.99. The van der Waals surface area contributed by atoms with Crippen molar-refractivity contribution in [2.45, 2.75) is 58.2 Å². The number of para-hydroxylation sites is 1. The number of H-pyrrole nitrogens is 1. The van der Waals surface area contributed by atoms with Crippen LogP contribution in [0.5, 0.6) is 0 Å². The van der Waals surface area contributed by atoms with Crippen LogP contribution in [0.2, 0.25) is 0 Å². The Morgan fingerprint density at radius 1 is 1.22 bits per heavy atom. The van der Waals surface area contributed by atoms with Crippen LogP contribution in [0, 0.1) is 0 Å². The maximum absolute atomic E-state index is 13.0. The van der Waals surface area contributed by atoms with E-state index in [1.54, 1.807) is 27.0 Å². The lowest BCUT2D eigenvalue weighted by Gasteiger charge is -2.35. The van der Waals surface area contributed by atoms with E-state index in [1.807, 2.05) is 24.3 Å². The largest absolute Gasteiger partial charge is 0.443 e. The Bertz CT molecular complexity index is 848.